The molecule has 0 unspecified atom stereocenters. The minimum atomic E-state index is -3.29. The van der Waals surface area contributed by atoms with Crippen LogP contribution in [0.3, 0.4) is 0 Å². The molecule has 0 radical (unpaired) electrons. The fraction of sp³-hybridized carbons (Fsp3) is 0.259. The van der Waals surface area contributed by atoms with E-state index >= 15 is 4.39 Å². The standard InChI is InChI=1S/C27H24ClFN6O4S/c1-15-32-24-25(35(15)16-6-10-34(11-7-16)40(2,37)38)20-13-19(22(29)14-23(20)33-26(24)36)18-5-4-17(12-21(18)28)39-27-30-8-3-9-31-27/h3-5,8-9,12-14,16H,6-7,10-11H2,1-2H3,(H,33,36). The van der Waals surface area contributed by atoms with Gasteiger partial charge in [-0.05, 0) is 50.1 Å². The molecule has 5 aromatic rings. The van der Waals surface area contributed by atoms with Crippen LogP contribution in [0.4, 0.5) is 4.39 Å². The Kier molecular flexibility index (Phi) is 6.56. The second-order valence-corrected chi connectivity index (χ2v) is 12.1. The quantitative estimate of drug-likeness (QED) is 0.315. The van der Waals surface area contributed by atoms with Crippen LogP contribution < -0.4 is 10.3 Å². The Hall–Kier alpha value is -3.87. The van der Waals surface area contributed by atoms with E-state index in [0.717, 1.165) is 0 Å². The van der Waals surface area contributed by atoms with Gasteiger partial charge in [-0.25, -0.2) is 32.1 Å². The minimum Gasteiger partial charge on any atom is -0.424 e. The molecule has 1 saturated heterocycles. The third-order valence-corrected chi connectivity index (χ3v) is 8.77. The summed E-state index contributed by atoms with van der Waals surface area (Å²) in [4.78, 5) is 28.3. The van der Waals surface area contributed by atoms with Crippen molar-refractivity contribution in [2.24, 2.45) is 0 Å². The number of hydrogen-bond donors (Lipinski definition) is 1. The summed E-state index contributed by atoms with van der Waals surface area (Å²) >= 11 is 6.59. The van der Waals surface area contributed by atoms with Crippen molar-refractivity contribution in [3.63, 3.8) is 0 Å². The van der Waals surface area contributed by atoms with Gasteiger partial charge in [-0.15, -0.1) is 0 Å². The van der Waals surface area contributed by atoms with Crippen molar-refractivity contribution < 1.29 is 17.5 Å². The molecule has 6 rings (SSSR count). The summed E-state index contributed by atoms with van der Waals surface area (Å²) in [7, 11) is -3.29. The number of ether oxygens (including phenoxy) is 1. The van der Waals surface area contributed by atoms with E-state index in [1.807, 2.05) is 11.5 Å². The topological polar surface area (TPSA) is 123 Å². The van der Waals surface area contributed by atoms with Crippen molar-refractivity contribution in [3.05, 3.63) is 75.8 Å². The number of H-pyrrole nitrogens is 1. The van der Waals surface area contributed by atoms with Crippen LogP contribution in [-0.4, -0.2) is 56.6 Å². The second kappa shape index (κ2) is 9.95. The molecule has 0 atom stereocenters. The van der Waals surface area contributed by atoms with Gasteiger partial charge in [0.2, 0.25) is 10.0 Å². The summed E-state index contributed by atoms with van der Waals surface area (Å²) in [5.41, 5.74) is 1.40. The molecule has 206 valence electrons. The number of fused-ring (bicyclic) bond motifs is 3. The third kappa shape index (κ3) is 4.72. The van der Waals surface area contributed by atoms with E-state index in [9.17, 15) is 13.2 Å². The number of nitrogens with one attached hydrogen (secondary N) is 1. The van der Waals surface area contributed by atoms with Crippen LogP contribution in [-0.2, 0) is 10.0 Å². The molecule has 0 saturated carbocycles. The van der Waals surface area contributed by atoms with E-state index in [2.05, 4.69) is 19.9 Å². The van der Waals surface area contributed by atoms with Crippen LogP contribution in [0.2, 0.25) is 5.02 Å². The third-order valence-electron chi connectivity index (χ3n) is 7.15. The predicted octanol–water partition coefficient (Wildman–Crippen LogP) is 4.82. The number of piperidine rings is 1. The highest BCUT2D eigenvalue weighted by molar-refractivity contribution is 7.88. The van der Waals surface area contributed by atoms with Gasteiger partial charge in [0.05, 0.1) is 22.3 Å². The normalized spacial score (nSPS) is 15.2. The van der Waals surface area contributed by atoms with Crippen LogP contribution in [0.25, 0.3) is 33.1 Å². The Morgan fingerprint density at radius 1 is 1.10 bits per heavy atom. The zero-order valence-corrected chi connectivity index (χ0v) is 23.1. The predicted molar refractivity (Wildman–Crippen MR) is 150 cm³/mol. The number of rotatable bonds is 5. The van der Waals surface area contributed by atoms with Crippen molar-refractivity contribution in [2.75, 3.05) is 19.3 Å². The van der Waals surface area contributed by atoms with Gasteiger partial charge in [-0.1, -0.05) is 11.6 Å². The molecule has 13 heteroatoms. The Labute approximate surface area is 233 Å². The lowest BCUT2D eigenvalue weighted by Crippen LogP contribution is -2.38. The molecule has 1 fully saturated rings. The number of aromatic nitrogens is 5. The highest BCUT2D eigenvalue weighted by Crippen LogP contribution is 2.38. The average molecular weight is 583 g/mol. The lowest BCUT2D eigenvalue weighted by molar-refractivity contribution is 0.276. The molecule has 3 aromatic heterocycles. The van der Waals surface area contributed by atoms with E-state index < -0.39 is 21.4 Å². The SMILES string of the molecule is Cc1nc2c(=O)[nH]c3cc(F)c(-c4ccc(Oc5ncccn5)cc4Cl)cc3c2n1C1CCN(S(C)(=O)=O)CC1. The summed E-state index contributed by atoms with van der Waals surface area (Å²) in [6, 6.07) is 9.54. The van der Waals surface area contributed by atoms with Crippen molar-refractivity contribution in [1.29, 1.82) is 0 Å². The fourth-order valence-electron chi connectivity index (χ4n) is 5.32. The highest BCUT2D eigenvalue weighted by atomic mass is 35.5. The lowest BCUT2D eigenvalue weighted by Gasteiger charge is -2.32. The maximum absolute atomic E-state index is 15.5. The first-order valence-electron chi connectivity index (χ1n) is 12.5. The molecule has 1 N–H and O–H groups in total. The molecule has 10 nitrogen and oxygen atoms in total. The summed E-state index contributed by atoms with van der Waals surface area (Å²) in [5.74, 6) is 0.454. The number of halogens is 2. The summed E-state index contributed by atoms with van der Waals surface area (Å²) < 4.78 is 48.6. The number of aryl methyl sites for hydroxylation is 1. The van der Waals surface area contributed by atoms with Gasteiger partial charge in [0.15, 0.2) is 5.52 Å². The fourth-order valence-corrected chi connectivity index (χ4v) is 6.47. The second-order valence-electron chi connectivity index (χ2n) is 9.73. The number of hydrogen-bond acceptors (Lipinski definition) is 7. The lowest BCUT2D eigenvalue weighted by atomic mass is 10.0. The van der Waals surface area contributed by atoms with Gasteiger partial charge in [0.1, 0.15) is 17.4 Å². The number of imidazole rings is 1. The molecule has 0 bridgehead atoms. The van der Waals surface area contributed by atoms with Crippen LogP contribution >= 0.6 is 11.6 Å². The molecule has 0 aliphatic carbocycles. The van der Waals surface area contributed by atoms with Crippen LogP contribution in [0.15, 0.2) is 53.6 Å². The maximum Gasteiger partial charge on any atom is 0.321 e. The van der Waals surface area contributed by atoms with E-state index in [4.69, 9.17) is 16.3 Å². The van der Waals surface area contributed by atoms with E-state index in [-0.39, 0.29) is 28.2 Å². The van der Waals surface area contributed by atoms with Gasteiger partial charge in [0.25, 0.3) is 5.56 Å². The molecule has 1 aliphatic heterocycles. The molecule has 0 amide bonds. The first-order valence-corrected chi connectivity index (χ1v) is 14.8. The number of sulfonamides is 1. The van der Waals surface area contributed by atoms with Gasteiger partial charge < -0.3 is 14.3 Å². The van der Waals surface area contributed by atoms with E-state index in [1.54, 1.807) is 42.7 Å². The molecule has 2 aromatic carbocycles. The molecular weight excluding hydrogens is 559 g/mol. The Balaban J connectivity index is 1.45. The molecule has 40 heavy (non-hydrogen) atoms. The number of benzene rings is 2. The Bertz CT molecular complexity index is 1940. The van der Waals surface area contributed by atoms with Crippen molar-refractivity contribution in [2.45, 2.75) is 25.8 Å². The summed E-state index contributed by atoms with van der Waals surface area (Å²) in [6.07, 6.45) is 5.42. The largest absolute Gasteiger partial charge is 0.424 e. The van der Waals surface area contributed by atoms with Crippen molar-refractivity contribution in [3.8, 4) is 22.9 Å². The monoisotopic (exact) mass is 582 g/mol. The highest BCUT2D eigenvalue weighted by Gasteiger charge is 2.29. The maximum atomic E-state index is 15.5. The summed E-state index contributed by atoms with van der Waals surface area (Å²) in [5, 5.41) is 0.858. The van der Waals surface area contributed by atoms with E-state index in [0.29, 0.717) is 59.5 Å². The zero-order valence-electron chi connectivity index (χ0n) is 21.6. The summed E-state index contributed by atoms with van der Waals surface area (Å²) in [6.45, 7) is 2.54. The van der Waals surface area contributed by atoms with Crippen LogP contribution in [0.5, 0.6) is 11.8 Å². The first kappa shape index (κ1) is 26.4. The first-order chi connectivity index (χ1) is 19.1. The molecule has 1 aliphatic rings. The van der Waals surface area contributed by atoms with Gasteiger partial charge in [-0.3, -0.25) is 4.79 Å². The molecule has 4 heterocycles. The number of pyridine rings is 1. The van der Waals surface area contributed by atoms with Crippen molar-refractivity contribution >= 4 is 43.6 Å². The van der Waals surface area contributed by atoms with Crippen LogP contribution in [0, 0.1) is 12.7 Å². The smallest absolute Gasteiger partial charge is 0.321 e. The molecular formula is C27H24ClFN6O4S. The van der Waals surface area contributed by atoms with Crippen molar-refractivity contribution in [1.82, 2.24) is 28.8 Å². The van der Waals surface area contributed by atoms with Gasteiger partial charge in [-0.2, -0.15) is 0 Å². The molecule has 0 spiro atoms. The number of nitrogens with zero attached hydrogens (tertiary/aromatic N) is 5. The Morgan fingerprint density at radius 2 is 1.82 bits per heavy atom. The Morgan fingerprint density at radius 3 is 2.50 bits per heavy atom. The minimum absolute atomic E-state index is 0.0817. The van der Waals surface area contributed by atoms with E-state index in [1.165, 1.54) is 16.6 Å². The van der Waals surface area contributed by atoms with Crippen LogP contribution in [0.1, 0.15) is 24.7 Å². The zero-order chi connectivity index (χ0) is 28.2. The van der Waals surface area contributed by atoms with Gasteiger partial charge >= 0.3 is 6.01 Å². The average Bonchev–Trinajstić information content (AvgIpc) is 3.27. The number of aromatic amines is 1. The van der Waals surface area contributed by atoms with Gasteiger partial charge in [0, 0.05) is 54.1 Å².